The van der Waals surface area contributed by atoms with Gasteiger partial charge in [-0.2, -0.15) is 39.5 Å². The third-order valence-electron chi connectivity index (χ3n) is 11.7. The number of hydrogen-bond donors (Lipinski definition) is 0. The summed E-state index contributed by atoms with van der Waals surface area (Å²) in [4.78, 5) is 0. The Bertz CT molecular complexity index is 3850. The molecule has 0 N–H and O–H groups in total. The molecule has 2 heterocycles. The van der Waals surface area contributed by atoms with E-state index in [-0.39, 0.29) is 11.4 Å². The molecule has 0 aliphatic heterocycles. The molecule has 0 aliphatic carbocycles. The number of halogens is 3. The smallest absolute Gasteiger partial charge is 0.309 e. The molecule has 10 heteroatoms. The fourth-order valence-electron chi connectivity index (χ4n) is 8.88. The van der Waals surface area contributed by atoms with Gasteiger partial charge in [0.05, 0.1) is 97.2 Å². The molecule has 0 atom stereocenters. The Morgan fingerprint density at radius 2 is 0.828 bits per heavy atom. The Morgan fingerprint density at radius 1 is 0.359 bits per heavy atom. The van der Waals surface area contributed by atoms with E-state index in [1.165, 1.54) is 18.2 Å². The van der Waals surface area contributed by atoms with Crippen molar-refractivity contribution in [1.82, 2.24) is 9.13 Å². The molecular formula is C54H26F3N7. The van der Waals surface area contributed by atoms with Crippen LogP contribution in [0.1, 0.15) is 33.4 Å². The van der Waals surface area contributed by atoms with E-state index in [0.29, 0.717) is 94.0 Å². The van der Waals surface area contributed by atoms with Crippen molar-refractivity contribution in [3.63, 3.8) is 0 Å². The first-order valence-electron chi connectivity index (χ1n) is 19.9. The van der Waals surface area contributed by atoms with E-state index in [1.807, 2.05) is 65.2 Å². The zero-order valence-corrected chi connectivity index (χ0v) is 33.3. The molecular weight excluding hydrogens is 804 g/mol. The van der Waals surface area contributed by atoms with Crippen LogP contribution in [0.25, 0.3) is 88.4 Å². The summed E-state index contributed by atoms with van der Waals surface area (Å²) in [5.74, 6) is 0. The van der Waals surface area contributed by atoms with Gasteiger partial charge < -0.3 is 9.13 Å². The van der Waals surface area contributed by atoms with Crippen LogP contribution in [-0.4, -0.2) is 9.13 Å². The summed E-state index contributed by atoms with van der Waals surface area (Å²) in [5, 5.41) is 51.8. The number of benzene rings is 8. The molecule has 2 aromatic heterocycles. The van der Waals surface area contributed by atoms with Crippen molar-refractivity contribution in [2.45, 2.75) is 6.18 Å². The second-order valence-electron chi connectivity index (χ2n) is 15.2. The van der Waals surface area contributed by atoms with Gasteiger partial charge in [0.1, 0.15) is 0 Å². The quantitative estimate of drug-likeness (QED) is 0.171. The summed E-state index contributed by atoms with van der Waals surface area (Å²) >= 11 is 0. The first kappa shape index (κ1) is 38.8. The number of nitriles is 5. The van der Waals surface area contributed by atoms with Crippen molar-refractivity contribution < 1.29 is 13.2 Å². The SMILES string of the molecule is N#Cc1cccc(-c2cc(-n3c4ccccc4c4cc(-c5ccc(C#N)cc5C#N)ccc43)c(C(F)(F)F)cc2-n2c3ccccc3c3cc(-c4ccc(C#N)cc4C#N)ccc32)c1. The van der Waals surface area contributed by atoms with Crippen LogP contribution in [0.15, 0.2) is 158 Å². The van der Waals surface area contributed by atoms with Gasteiger partial charge in [-0.1, -0.05) is 72.8 Å². The van der Waals surface area contributed by atoms with E-state index in [0.717, 1.165) is 10.8 Å². The minimum absolute atomic E-state index is 0.128. The summed E-state index contributed by atoms with van der Waals surface area (Å²) < 4.78 is 51.4. The molecule has 10 aromatic rings. The van der Waals surface area contributed by atoms with E-state index >= 15 is 13.2 Å². The molecule has 0 saturated carbocycles. The van der Waals surface area contributed by atoms with E-state index in [4.69, 9.17) is 0 Å². The summed E-state index contributed by atoms with van der Waals surface area (Å²) in [7, 11) is 0. The second-order valence-corrected chi connectivity index (χ2v) is 15.2. The zero-order valence-electron chi connectivity index (χ0n) is 33.3. The Morgan fingerprint density at radius 3 is 1.33 bits per heavy atom. The number of fused-ring (bicyclic) bond motifs is 6. The van der Waals surface area contributed by atoms with Crippen LogP contribution in [0.3, 0.4) is 0 Å². The largest absolute Gasteiger partial charge is 0.418 e. The average Bonchev–Trinajstić information content (AvgIpc) is 3.84. The van der Waals surface area contributed by atoms with Crippen LogP contribution in [0.5, 0.6) is 0 Å². The number of aromatic nitrogens is 2. The first-order valence-corrected chi connectivity index (χ1v) is 19.9. The highest BCUT2D eigenvalue weighted by molar-refractivity contribution is 6.12. The van der Waals surface area contributed by atoms with Crippen molar-refractivity contribution in [2.75, 3.05) is 0 Å². The molecule has 0 aliphatic rings. The monoisotopic (exact) mass is 829 g/mol. The van der Waals surface area contributed by atoms with E-state index in [2.05, 4.69) is 30.3 Å². The minimum atomic E-state index is -4.85. The lowest BCUT2D eigenvalue weighted by Gasteiger charge is -2.22. The lowest BCUT2D eigenvalue weighted by atomic mass is 9.96. The van der Waals surface area contributed by atoms with Crippen LogP contribution in [0.4, 0.5) is 13.2 Å². The number of hydrogen-bond acceptors (Lipinski definition) is 5. The van der Waals surface area contributed by atoms with Crippen molar-refractivity contribution in [1.29, 1.82) is 26.3 Å². The predicted octanol–water partition coefficient (Wildman–Crippen LogP) is 13.3. The second kappa shape index (κ2) is 14.9. The highest BCUT2D eigenvalue weighted by Gasteiger charge is 2.37. The predicted molar refractivity (Wildman–Crippen MR) is 240 cm³/mol. The molecule has 0 saturated heterocycles. The summed E-state index contributed by atoms with van der Waals surface area (Å²) in [5.41, 5.74) is 6.60. The van der Waals surface area contributed by atoms with E-state index in [1.54, 1.807) is 83.4 Å². The van der Waals surface area contributed by atoms with Gasteiger partial charge in [0.2, 0.25) is 0 Å². The van der Waals surface area contributed by atoms with Crippen LogP contribution in [0, 0.1) is 56.7 Å². The summed E-state index contributed by atoms with van der Waals surface area (Å²) in [6.45, 7) is 0. The van der Waals surface area contributed by atoms with E-state index < -0.39 is 11.7 Å². The highest BCUT2D eigenvalue weighted by atomic mass is 19.4. The average molecular weight is 830 g/mol. The first-order chi connectivity index (χ1) is 31.1. The number of rotatable bonds is 5. The molecule has 8 aromatic carbocycles. The van der Waals surface area contributed by atoms with Crippen molar-refractivity contribution in [2.24, 2.45) is 0 Å². The molecule has 0 fully saturated rings. The van der Waals surface area contributed by atoms with Gasteiger partial charge in [-0.15, -0.1) is 0 Å². The van der Waals surface area contributed by atoms with Crippen LogP contribution in [0.2, 0.25) is 0 Å². The fourth-order valence-corrected chi connectivity index (χ4v) is 8.88. The molecule has 0 amide bonds. The molecule has 0 bridgehead atoms. The maximum atomic E-state index is 16.0. The minimum Gasteiger partial charge on any atom is -0.309 e. The Balaban J connectivity index is 1.28. The Labute approximate surface area is 363 Å². The Hall–Kier alpha value is -9.40. The fraction of sp³-hybridized carbons (Fsp3) is 0.0185. The van der Waals surface area contributed by atoms with Crippen LogP contribution < -0.4 is 0 Å². The van der Waals surface area contributed by atoms with Crippen LogP contribution in [-0.2, 0) is 6.18 Å². The topological polar surface area (TPSA) is 129 Å². The standard InChI is InChI=1S/C54H26F3N7/c55-54(56,57)47-26-52(63-48-10-3-1-8-42(48)45-23-36(14-18-50(45)63)40-16-12-33(28-59)21-38(40)30-61)44(35-7-5-6-32(20-35)27-58)25-53(47)64-49-11-4-2-9-43(49)46-24-37(15-19-51(46)64)41-17-13-34(29-60)22-39(41)31-62/h1-26H. The maximum absolute atomic E-state index is 16.0. The van der Waals surface area contributed by atoms with Gasteiger partial charge in [0, 0.05) is 27.1 Å². The van der Waals surface area contributed by atoms with Gasteiger partial charge in [-0.3, -0.25) is 0 Å². The molecule has 0 unspecified atom stereocenters. The van der Waals surface area contributed by atoms with Crippen molar-refractivity contribution >= 4 is 43.6 Å². The summed E-state index contributed by atoms with van der Waals surface area (Å²) in [6.07, 6.45) is -4.85. The van der Waals surface area contributed by atoms with Gasteiger partial charge in [0.25, 0.3) is 0 Å². The molecule has 0 spiro atoms. The van der Waals surface area contributed by atoms with Gasteiger partial charge >= 0.3 is 6.18 Å². The lowest BCUT2D eigenvalue weighted by Crippen LogP contribution is -2.13. The molecule has 0 radical (unpaired) electrons. The van der Waals surface area contributed by atoms with Crippen LogP contribution >= 0.6 is 0 Å². The van der Waals surface area contributed by atoms with Crippen molar-refractivity contribution in [3.8, 4) is 75.1 Å². The molecule has 64 heavy (non-hydrogen) atoms. The summed E-state index contributed by atoms with van der Waals surface area (Å²) in [6, 6.07) is 55.5. The number of alkyl halides is 3. The Kier molecular flexibility index (Phi) is 9.06. The van der Waals surface area contributed by atoms with E-state index in [9.17, 15) is 26.3 Å². The lowest BCUT2D eigenvalue weighted by molar-refractivity contribution is -0.137. The zero-order chi connectivity index (χ0) is 44.3. The third-order valence-corrected chi connectivity index (χ3v) is 11.7. The maximum Gasteiger partial charge on any atom is 0.418 e. The third kappa shape index (κ3) is 6.17. The molecule has 298 valence electrons. The van der Waals surface area contributed by atoms with Crippen molar-refractivity contribution in [3.05, 3.63) is 191 Å². The molecule has 7 nitrogen and oxygen atoms in total. The highest BCUT2D eigenvalue weighted by Crippen LogP contribution is 2.46. The number of para-hydroxylation sites is 2. The molecule has 10 rings (SSSR count). The number of nitrogens with zero attached hydrogens (tertiary/aromatic N) is 7. The van der Waals surface area contributed by atoms with Gasteiger partial charge in [-0.05, 0) is 113 Å². The normalized spacial score (nSPS) is 11.3. The van der Waals surface area contributed by atoms with Gasteiger partial charge in [-0.25, -0.2) is 0 Å². The van der Waals surface area contributed by atoms with Gasteiger partial charge in [0.15, 0.2) is 0 Å².